The molecule has 0 aromatic heterocycles. The van der Waals surface area contributed by atoms with Gasteiger partial charge in [-0.15, -0.1) is 0 Å². The number of carbonyl (C=O) groups is 1. The number of primary amides is 1. The third kappa shape index (κ3) is 2.33. The van der Waals surface area contributed by atoms with E-state index in [1.807, 2.05) is 0 Å². The lowest BCUT2D eigenvalue weighted by molar-refractivity contribution is -0.115. The standard InChI is InChI=1S/C6H11N2O2/c7-6(9)3-5-4-10-2-1-8-5/h3,5,8H,1-2,4H2,(H2,7,9). The van der Waals surface area contributed by atoms with E-state index in [0.29, 0.717) is 13.2 Å². The molecule has 0 aromatic rings. The van der Waals surface area contributed by atoms with E-state index in [1.165, 1.54) is 6.42 Å². The second-order valence-corrected chi connectivity index (χ2v) is 2.20. The highest BCUT2D eigenvalue weighted by molar-refractivity contribution is 5.83. The highest BCUT2D eigenvalue weighted by Crippen LogP contribution is 1.95. The summed E-state index contributed by atoms with van der Waals surface area (Å²) in [6.07, 6.45) is 1.43. The summed E-state index contributed by atoms with van der Waals surface area (Å²) in [6.45, 7) is 2.04. The predicted octanol–water partition coefficient (Wildman–Crippen LogP) is -1.34. The normalized spacial score (nSPS) is 26.2. The quantitative estimate of drug-likeness (QED) is 0.503. The van der Waals surface area contributed by atoms with Gasteiger partial charge in [-0.3, -0.25) is 4.79 Å². The van der Waals surface area contributed by atoms with Gasteiger partial charge in [0.05, 0.1) is 19.6 Å². The number of rotatable bonds is 2. The van der Waals surface area contributed by atoms with Crippen LogP contribution in [0.25, 0.3) is 0 Å². The van der Waals surface area contributed by atoms with Crippen molar-refractivity contribution in [2.45, 2.75) is 6.04 Å². The van der Waals surface area contributed by atoms with E-state index < -0.39 is 5.91 Å². The van der Waals surface area contributed by atoms with Gasteiger partial charge in [-0.25, -0.2) is 0 Å². The van der Waals surface area contributed by atoms with Gasteiger partial charge in [0.25, 0.3) is 0 Å². The second-order valence-electron chi connectivity index (χ2n) is 2.20. The first-order valence-electron chi connectivity index (χ1n) is 3.24. The molecule has 1 radical (unpaired) electrons. The molecule has 0 spiro atoms. The summed E-state index contributed by atoms with van der Waals surface area (Å²) < 4.78 is 5.08. The number of morpholine rings is 1. The minimum Gasteiger partial charge on any atom is -0.378 e. The molecular weight excluding hydrogens is 132 g/mol. The molecule has 1 fully saturated rings. The molecule has 0 aromatic carbocycles. The van der Waals surface area contributed by atoms with Crippen LogP contribution in [0.5, 0.6) is 0 Å². The average Bonchev–Trinajstić information content (AvgIpc) is 1.88. The third-order valence-corrected chi connectivity index (χ3v) is 1.32. The predicted molar refractivity (Wildman–Crippen MR) is 36.1 cm³/mol. The largest absolute Gasteiger partial charge is 0.378 e. The van der Waals surface area contributed by atoms with Crippen LogP contribution < -0.4 is 11.1 Å². The Morgan fingerprint density at radius 1 is 1.80 bits per heavy atom. The minimum absolute atomic E-state index is 0.00579. The van der Waals surface area contributed by atoms with Crippen molar-refractivity contribution in [3.63, 3.8) is 0 Å². The first-order chi connectivity index (χ1) is 4.79. The van der Waals surface area contributed by atoms with Gasteiger partial charge in [-0.05, 0) is 0 Å². The van der Waals surface area contributed by atoms with Crippen molar-refractivity contribution in [3.8, 4) is 0 Å². The number of hydrogen-bond donors (Lipinski definition) is 2. The lowest BCUT2D eigenvalue weighted by Crippen LogP contribution is -2.43. The first-order valence-corrected chi connectivity index (χ1v) is 3.24. The van der Waals surface area contributed by atoms with Gasteiger partial charge in [0.1, 0.15) is 0 Å². The van der Waals surface area contributed by atoms with Crippen molar-refractivity contribution in [3.05, 3.63) is 6.42 Å². The van der Waals surface area contributed by atoms with Crippen molar-refractivity contribution in [2.75, 3.05) is 19.8 Å². The van der Waals surface area contributed by atoms with Crippen molar-refractivity contribution < 1.29 is 9.53 Å². The van der Waals surface area contributed by atoms with Crippen LogP contribution in [0, 0.1) is 6.42 Å². The molecule has 1 rings (SSSR count). The smallest absolute Gasteiger partial charge is 0.223 e. The van der Waals surface area contributed by atoms with E-state index in [-0.39, 0.29) is 6.04 Å². The fourth-order valence-corrected chi connectivity index (χ4v) is 0.891. The molecule has 0 bridgehead atoms. The van der Waals surface area contributed by atoms with Crippen LogP contribution in [0.1, 0.15) is 0 Å². The van der Waals surface area contributed by atoms with Crippen molar-refractivity contribution in [2.24, 2.45) is 5.73 Å². The maximum Gasteiger partial charge on any atom is 0.223 e. The second kappa shape index (κ2) is 3.53. The maximum atomic E-state index is 10.3. The summed E-state index contributed by atoms with van der Waals surface area (Å²) in [5, 5.41) is 3.07. The fourth-order valence-electron chi connectivity index (χ4n) is 0.891. The molecule has 1 saturated heterocycles. The van der Waals surface area contributed by atoms with Crippen LogP contribution in [0.3, 0.4) is 0 Å². The Bertz CT molecular complexity index is 121. The zero-order chi connectivity index (χ0) is 7.40. The van der Waals surface area contributed by atoms with E-state index in [4.69, 9.17) is 10.5 Å². The third-order valence-electron chi connectivity index (χ3n) is 1.32. The summed E-state index contributed by atoms with van der Waals surface area (Å²) in [6, 6.07) is 0.00579. The molecule has 4 heteroatoms. The molecule has 1 atom stereocenters. The summed E-state index contributed by atoms with van der Waals surface area (Å²) in [5.41, 5.74) is 4.93. The zero-order valence-corrected chi connectivity index (χ0v) is 5.67. The van der Waals surface area contributed by atoms with Gasteiger partial charge >= 0.3 is 0 Å². The van der Waals surface area contributed by atoms with Crippen molar-refractivity contribution in [1.82, 2.24) is 5.32 Å². The van der Waals surface area contributed by atoms with Crippen LogP contribution in [0.4, 0.5) is 0 Å². The van der Waals surface area contributed by atoms with E-state index in [2.05, 4.69) is 5.32 Å². The lowest BCUT2D eigenvalue weighted by Gasteiger charge is -2.21. The summed E-state index contributed by atoms with van der Waals surface area (Å²) in [4.78, 5) is 10.3. The molecule has 1 unspecified atom stereocenters. The first kappa shape index (κ1) is 7.50. The number of ether oxygens (including phenoxy) is 1. The Morgan fingerprint density at radius 3 is 3.10 bits per heavy atom. The molecular formula is C6H11N2O2. The van der Waals surface area contributed by atoms with Gasteiger partial charge < -0.3 is 15.8 Å². The zero-order valence-electron chi connectivity index (χ0n) is 5.67. The molecule has 0 saturated carbocycles. The number of nitrogens with two attached hydrogens (primary N) is 1. The molecule has 3 N–H and O–H groups in total. The van der Waals surface area contributed by atoms with Crippen molar-refractivity contribution >= 4 is 5.91 Å². The monoisotopic (exact) mass is 143 g/mol. The summed E-state index contributed by atoms with van der Waals surface area (Å²) >= 11 is 0. The van der Waals surface area contributed by atoms with Gasteiger partial charge in [0.2, 0.25) is 5.91 Å². The highest BCUT2D eigenvalue weighted by atomic mass is 16.5. The Kier molecular flexibility index (Phi) is 2.65. The van der Waals surface area contributed by atoms with Gasteiger partial charge in [-0.1, -0.05) is 0 Å². The number of nitrogens with one attached hydrogen (secondary N) is 1. The molecule has 57 valence electrons. The summed E-state index contributed by atoms with van der Waals surface area (Å²) in [5.74, 6) is -0.400. The van der Waals surface area contributed by atoms with E-state index in [1.54, 1.807) is 0 Å². The summed E-state index contributed by atoms with van der Waals surface area (Å²) in [7, 11) is 0. The van der Waals surface area contributed by atoms with Gasteiger partial charge in [-0.2, -0.15) is 0 Å². The van der Waals surface area contributed by atoms with Crippen molar-refractivity contribution in [1.29, 1.82) is 0 Å². The Morgan fingerprint density at radius 2 is 2.60 bits per heavy atom. The molecule has 10 heavy (non-hydrogen) atoms. The SMILES string of the molecule is NC(=O)[CH]C1COCCN1. The number of amides is 1. The Hall–Kier alpha value is -0.610. The lowest BCUT2D eigenvalue weighted by atomic mass is 10.2. The average molecular weight is 143 g/mol. The minimum atomic E-state index is -0.400. The van der Waals surface area contributed by atoms with Gasteiger partial charge in [0.15, 0.2) is 0 Å². The molecule has 1 amide bonds. The Labute approximate surface area is 59.7 Å². The fraction of sp³-hybridized carbons (Fsp3) is 0.667. The molecule has 0 aliphatic carbocycles. The highest BCUT2D eigenvalue weighted by Gasteiger charge is 2.14. The van der Waals surface area contributed by atoms with Crippen LogP contribution in [-0.4, -0.2) is 31.7 Å². The van der Waals surface area contributed by atoms with Crippen LogP contribution in [-0.2, 0) is 9.53 Å². The number of hydrogen-bond acceptors (Lipinski definition) is 3. The maximum absolute atomic E-state index is 10.3. The Balaban J connectivity index is 2.19. The number of carbonyl (C=O) groups excluding carboxylic acids is 1. The van der Waals surface area contributed by atoms with E-state index in [0.717, 1.165) is 6.54 Å². The molecule has 1 aliphatic rings. The van der Waals surface area contributed by atoms with Crippen LogP contribution in [0.15, 0.2) is 0 Å². The van der Waals surface area contributed by atoms with E-state index in [9.17, 15) is 4.79 Å². The van der Waals surface area contributed by atoms with E-state index >= 15 is 0 Å². The topological polar surface area (TPSA) is 64.4 Å². The van der Waals surface area contributed by atoms with Gasteiger partial charge in [0, 0.05) is 12.6 Å². The molecule has 1 aliphatic heterocycles. The molecule has 4 nitrogen and oxygen atoms in total. The van der Waals surface area contributed by atoms with Crippen LogP contribution in [0.2, 0.25) is 0 Å². The van der Waals surface area contributed by atoms with Crippen LogP contribution >= 0.6 is 0 Å². The molecule has 1 heterocycles.